The molecule has 10 aromatic carbocycles. The van der Waals surface area contributed by atoms with Gasteiger partial charge in [0.15, 0.2) is 0 Å². The van der Waals surface area contributed by atoms with E-state index in [1.54, 1.807) is 0 Å². The molecule has 0 aliphatic carbocycles. The molecule has 0 atom stereocenters. The van der Waals surface area contributed by atoms with Crippen LogP contribution in [0.4, 0.5) is 34.1 Å². The first-order chi connectivity index (χ1) is 32.7. The second-order valence-electron chi connectivity index (χ2n) is 17.1. The molecule has 6 heteroatoms. The first kappa shape index (κ1) is 39.1. The maximum Gasteiger partial charge on any atom is 0.0783 e. The number of benzene rings is 10. The van der Waals surface area contributed by atoms with Crippen molar-refractivity contribution in [2.24, 2.45) is 0 Å². The van der Waals surface area contributed by atoms with Gasteiger partial charge in [0.05, 0.1) is 67.2 Å². The number of rotatable bonds is 3. The van der Waals surface area contributed by atoms with Gasteiger partial charge in [-0.25, -0.2) is 0 Å². The van der Waals surface area contributed by atoms with Crippen LogP contribution in [0.25, 0.3) is 82.5 Å². The monoisotopic (exact) mass is 925 g/mol. The van der Waals surface area contributed by atoms with Crippen molar-refractivity contribution in [3.05, 3.63) is 235 Å². The Labute approximate surface area is 397 Å². The van der Waals surface area contributed by atoms with Crippen molar-refractivity contribution in [1.82, 2.24) is 13.7 Å². The van der Waals surface area contributed by atoms with Crippen LogP contribution in [0.15, 0.2) is 235 Å². The molecule has 5 nitrogen and oxygen atoms in total. The summed E-state index contributed by atoms with van der Waals surface area (Å²) < 4.78 is 8.36. The number of hydrogen-bond donors (Lipinski definition) is 0. The molecular formula is C61H44BrN5. The van der Waals surface area contributed by atoms with Crippen molar-refractivity contribution in [2.75, 3.05) is 9.80 Å². The van der Waals surface area contributed by atoms with Gasteiger partial charge in [0, 0.05) is 55.3 Å². The first-order valence-corrected chi connectivity index (χ1v) is 23.2. The van der Waals surface area contributed by atoms with E-state index in [4.69, 9.17) is 0 Å². The topological polar surface area (TPSA) is 21.3 Å². The standard InChI is InChI=1S/C36H23N3.C24H15BrN2.CH4.H2/c1-2-11-24(12-3-1)37-33-18-8-9-19-34(33)39-32-22-21-25(23-29(32)28-15-10-20-35(37)36(28)39)38-30-16-6-4-13-26(30)27-14-5-7-17-31(27)38;25-16-13-14-20-19(15-16)18-9-6-12-23-24(18)27(20)22-11-5-4-10-21(22)26(23)17-7-2-1-3-8-17;;/h1-23H;1-15H;1H4;1H. The molecule has 320 valence electrons. The van der Waals surface area contributed by atoms with Gasteiger partial charge in [0.1, 0.15) is 0 Å². The summed E-state index contributed by atoms with van der Waals surface area (Å²) in [6.07, 6.45) is 0. The molecule has 5 heterocycles. The zero-order valence-corrected chi connectivity index (χ0v) is 37.1. The minimum absolute atomic E-state index is 0. The van der Waals surface area contributed by atoms with Crippen molar-refractivity contribution in [3.63, 3.8) is 0 Å². The number of para-hydroxylation sites is 10. The highest BCUT2D eigenvalue weighted by Gasteiger charge is 2.30. The van der Waals surface area contributed by atoms with Crippen molar-refractivity contribution in [1.29, 1.82) is 0 Å². The third-order valence-electron chi connectivity index (χ3n) is 13.6. The van der Waals surface area contributed by atoms with E-state index in [0.29, 0.717) is 0 Å². The molecule has 67 heavy (non-hydrogen) atoms. The van der Waals surface area contributed by atoms with Crippen LogP contribution in [0.2, 0.25) is 0 Å². The molecule has 0 saturated heterocycles. The molecular weight excluding hydrogens is 883 g/mol. The van der Waals surface area contributed by atoms with Gasteiger partial charge < -0.3 is 23.5 Å². The summed E-state index contributed by atoms with van der Waals surface area (Å²) in [7, 11) is 0. The smallest absolute Gasteiger partial charge is 0.0783 e. The highest BCUT2D eigenvalue weighted by Crippen LogP contribution is 2.51. The number of anilines is 6. The van der Waals surface area contributed by atoms with Gasteiger partial charge >= 0.3 is 0 Å². The average Bonchev–Trinajstić information content (AvgIpc) is 4.02. The summed E-state index contributed by atoms with van der Waals surface area (Å²) >= 11 is 3.64. The molecule has 0 bridgehead atoms. The second kappa shape index (κ2) is 15.1. The van der Waals surface area contributed by atoms with Gasteiger partial charge in [0.2, 0.25) is 0 Å². The predicted molar refractivity (Wildman–Crippen MR) is 289 cm³/mol. The highest BCUT2D eigenvalue weighted by atomic mass is 79.9. The number of aromatic nitrogens is 3. The van der Waals surface area contributed by atoms with Crippen LogP contribution in [-0.4, -0.2) is 13.7 Å². The summed E-state index contributed by atoms with van der Waals surface area (Å²) in [5.74, 6) is 0. The van der Waals surface area contributed by atoms with Crippen molar-refractivity contribution >= 4 is 115 Å². The number of nitrogens with zero attached hydrogens (tertiary/aromatic N) is 5. The van der Waals surface area contributed by atoms with E-state index >= 15 is 0 Å². The molecule has 3 aromatic heterocycles. The Balaban J connectivity index is 0.000000146. The fraction of sp³-hybridized carbons (Fsp3) is 0.0164. The SMILES string of the molecule is Brc1ccc2c(c1)c1cccc3c1n2-c1ccccc1N3c1ccccc1.C.[HH].c1ccc(N2c3ccccc3-n3c4ccc(-n5c6ccccc6c6ccccc65)cc4c4cccc2c43)cc1. The van der Waals surface area contributed by atoms with E-state index in [1.807, 2.05) is 0 Å². The summed E-state index contributed by atoms with van der Waals surface area (Å²) in [5, 5.41) is 7.63. The molecule has 2 aliphatic heterocycles. The molecule has 13 aromatic rings. The lowest BCUT2D eigenvalue weighted by Crippen LogP contribution is -2.17. The molecule has 2 aliphatic rings. The molecule has 0 radical (unpaired) electrons. The average molecular weight is 927 g/mol. The third kappa shape index (κ3) is 5.66. The van der Waals surface area contributed by atoms with E-state index in [1.165, 1.54) is 117 Å². The Hall–Kier alpha value is -8.32. The lowest BCUT2D eigenvalue weighted by Gasteiger charge is -2.33. The van der Waals surface area contributed by atoms with Crippen LogP contribution in [0, 0.1) is 0 Å². The van der Waals surface area contributed by atoms with Crippen LogP contribution in [-0.2, 0) is 0 Å². The van der Waals surface area contributed by atoms with Gasteiger partial charge in [-0.05, 0) is 109 Å². The Morgan fingerprint density at radius 2 is 0.657 bits per heavy atom. The zero-order chi connectivity index (χ0) is 43.5. The van der Waals surface area contributed by atoms with Crippen LogP contribution < -0.4 is 9.80 Å². The van der Waals surface area contributed by atoms with Crippen molar-refractivity contribution < 1.29 is 1.43 Å². The largest absolute Gasteiger partial charge is 0.309 e. The minimum atomic E-state index is 0. The van der Waals surface area contributed by atoms with E-state index < -0.39 is 0 Å². The first-order valence-electron chi connectivity index (χ1n) is 22.4. The summed E-state index contributed by atoms with van der Waals surface area (Å²) in [6.45, 7) is 0. The van der Waals surface area contributed by atoms with E-state index in [0.717, 1.165) is 4.47 Å². The Morgan fingerprint density at radius 3 is 1.18 bits per heavy atom. The van der Waals surface area contributed by atoms with E-state index in [2.05, 4.69) is 270 Å². The summed E-state index contributed by atoms with van der Waals surface area (Å²) in [6, 6.07) is 82.9. The normalized spacial score (nSPS) is 12.4. The highest BCUT2D eigenvalue weighted by molar-refractivity contribution is 9.10. The van der Waals surface area contributed by atoms with Crippen LogP contribution in [0.1, 0.15) is 8.85 Å². The maximum atomic E-state index is 3.64. The molecule has 0 spiro atoms. The van der Waals surface area contributed by atoms with Crippen LogP contribution >= 0.6 is 15.9 Å². The van der Waals surface area contributed by atoms with Gasteiger partial charge in [-0.3, -0.25) is 0 Å². The van der Waals surface area contributed by atoms with E-state index in [-0.39, 0.29) is 8.85 Å². The second-order valence-corrected chi connectivity index (χ2v) is 18.0. The quantitative estimate of drug-likeness (QED) is 0.176. The molecule has 15 rings (SSSR count). The van der Waals surface area contributed by atoms with Gasteiger partial charge in [0.25, 0.3) is 0 Å². The maximum absolute atomic E-state index is 3.64. The molecule has 0 fully saturated rings. The van der Waals surface area contributed by atoms with Gasteiger partial charge in [-0.15, -0.1) is 0 Å². The lowest BCUT2D eigenvalue weighted by molar-refractivity contribution is 1.11. The zero-order valence-electron chi connectivity index (χ0n) is 35.6. The lowest BCUT2D eigenvalue weighted by atomic mass is 10.1. The van der Waals surface area contributed by atoms with Crippen molar-refractivity contribution in [3.8, 4) is 17.1 Å². The molecule has 0 amide bonds. The van der Waals surface area contributed by atoms with Crippen LogP contribution in [0.5, 0.6) is 0 Å². The Bertz CT molecular complexity index is 4040. The Kier molecular flexibility index (Phi) is 8.82. The van der Waals surface area contributed by atoms with Gasteiger partial charge in [-0.1, -0.05) is 145 Å². The molecule has 0 N–H and O–H groups in total. The predicted octanol–water partition coefficient (Wildman–Crippen LogP) is 17.9. The number of fused-ring (bicyclic) bond motifs is 13. The summed E-state index contributed by atoms with van der Waals surface area (Å²) in [5.41, 5.74) is 18.2. The summed E-state index contributed by atoms with van der Waals surface area (Å²) in [4.78, 5) is 4.76. The fourth-order valence-electron chi connectivity index (χ4n) is 10.9. The van der Waals surface area contributed by atoms with E-state index in [9.17, 15) is 0 Å². The molecule has 0 saturated carbocycles. The third-order valence-corrected chi connectivity index (χ3v) is 14.0. The minimum Gasteiger partial charge on any atom is -0.309 e. The fourth-order valence-corrected chi connectivity index (χ4v) is 11.3. The molecule has 0 unspecified atom stereocenters. The van der Waals surface area contributed by atoms with Crippen molar-refractivity contribution in [2.45, 2.75) is 7.43 Å². The number of halogens is 1. The van der Waals surface area contributed by atoms with Crippen LogP contribution in [0.3, 0.4) is 0 Å². The number of hydrogen-bond acceptors (Lipinski definition) is 2. The van der Waals surface area contributed by atoms with Gasteiger partial charge in [-0.2, -0.15) is 0 Å². The Morgan fingerprint density at radius 1 is 0.269 bits per heavy atom.